The van der Waals surface area contributed by atoms with E-state index in [1.54, 1.807) is 12.1 Å². The lowest BCUT2D eigenvalue weighted by molar-refractivity contribution is 0.322. The molecule has 1 atom stereocenters. The third-order valence-corrected chi connectivity index (χ3v) is 5.55. The summed E-state index contributed by atoms with van der Waals surface area (Å²) in [6.07, 6.45) is 0. The van der Waals surface area contributed by atoms with Gasteiger partial charge in [-0.1, -0.05) is 35.9 Å². The molecule has 5 nitrogen and oxygen atoms in total. The number of nitrogens with zero attached hydrogens (tertiary/aromatic N) is 2. The van der Waals surface area contributed by atoms with E-state index in [9.17, 15) is 8.42 Å². The van der Waals surface area contributed by atoms with Crippen LogP contribution < -0.4 is 9.08 Å². The molecule has 2 aromatic carbocycles. The van der Waals surface area contributed by atoms with E-state index in [0.717, 1.165) is 11.3 Å². The monoisotopic (exact) mass is 316 g/mol. The van der Waals surface area contributed by atoms with Crippen LogP contribution in [0, 0.1) is 6.92 Å². The molecule has 0 saturated carbocycles. The highest BCUT2D eigenvalue weighted by atomic mass is 32.2. The first-order chi connectivity index (χ1) is 10.5. The maximum Gasteiger partial charge on any atom is 0.387 e. The molecular weight excluding hydrogens is 300 g/mol. The van der Waals surface area contributed by atoms with Gasteiger partial charge in [-0.15, -0.1) is 4.31 Å². The van der Waals surface area contributed by atoms with E-state index in [2.05, 4.69) is 4.90 Å². The number of anilines is 1. The van der Waals surface area contributed by atoms with Gasteiger partial charge in [0.05, 0.1) is 12.7 Å². The van der Waals surface area contributed by atoms with Gasteiger partial charge < -0.3 is 9.08 Å². The quantitative estimate of drug-likeness (QED) is 0.811. The van der Waals surface area contributed by atoms with Crippen LogP contribution in [0.3, 0.4) is 0 Å². The Morgan fingerprint density at radius 1 is 1.09 bits per heavy atom. The number of aryl methyl sites for hydroxylation is 1. The van der Waals surface area contributed by atoms with Gasteiger partial charge in [0.15, 0.2) is 0 Å². The van der Waals surface area contributed by atoms with Crippen LogP contribution in [0.4, 0.5) is 5.69 Å². The van der Waals surface area contributed by atoms with Crippen LogP contribution >= 0.6 is 0 Å². The minimum Gasteiger partial charge on any atom is -0.370 e. The topological polar surface area (TPSA) is 49.9 Å². The molecule has 4 rings (SSSR count). The van der Waals surface area contributed by atoms with Crippen molar-refractivity contribution in [3.8, 4) is 5.75 Å². The Morgan fingerprint density at radius 3 is 2.59 bits per heavy atom. The summed E-state index contributed by atoms with van der Waals surface area (Å²) < 4.78 is 31.3. The Morgan fingerprint density at radius 2 is 1.82 bits per heavy atom. The maximum atomic E-state index is 12.3. The van der Waals surface area contributed by atoms with Gasteiger partial charge >= 0.3 is 10.3 Å². The van der Waals surface area contributed by atoms with Crippen molar-refractivity contribution >= 4 is 16.0 Å². The standard InChI is InChI=1S/C16H16N2O3S/c1-12-6-8-13(9-7-12)17-10-15-14-4-2-3-5-16(14)21-22(19,20)18(15)11-17/h2-9,15H,10-11H2,1H3/t15-/m0/s1. The van der Waals surface area contributed by atoms with Crippen molar-refractivity contribution in [1.29, 1.82) is 0 Å². The van der Waals surface area contributed by atoms with Crippen LogP contribution in [0.2, 0.25) is 0 Å². The Bertz CT molecular complexity index is 818. The predicted octanol–water partition coefficient (Wildman–Crippen LogP) is 2.45. The molecule has 1 fully saturated rings. The molecule has 2 aliphatic rings. The van der Waals surface area contributed by atoms with Crippen molar-refractivity contribution in [3.05, 3.63) is 59.7 Å². The van der Waals surface area contributed by atoms with E-state index >= 15 is 0 Å². The van der Waals surface area contributed by atoms with Crippen LogP contribution in [0.15, 0.2) is 48.5 Å². The van der Waals surface area contributed by atoms with Crippen LogP contribution in [-0.4, -0.2) is 25.9 Å². The largest absolute Gasteiger partial charge is 0.387 e. The highest BCUT2D eigenvalue weighted by Gasteiger charge is 2.45. The number of hydrogen-bond acceptors (Lipinski definition) is 4. The Hall–Kier alpha value is -2.05. The van der Waals surface area contributed by atoms with Crippen molar-refractivity contribution < 1.29 is 12.6 Å². The third kappa shape index (κ3) is 2.07. The number of rotatable bonds is 1. The van der Waals surface area contributed by atoms with Crippen molar-refractivity contribution in [2.75, 3.05) is 18.1 Å². The molecule has 114 valence electrons. The summed E-state index contributed by atoms with van der Waals surface area (Å²) in [6, 6.07) is 15.2. The van der Waals surface area contributed by atoms with Crippen LogP contribution in [0.25, 0.3) is 0 Å². The second-order valence-electron chi connectivity index (χ2n) is 5.68. The van der Waals surface area contributed by atoms with Crippen LogP contribution in [0.5, 0.6) is 5.75 Å². The summed E-state index contributed by atoms with van der Waals surface area (Å²) in [6.45, 7) is 2.97. The average Bonchev–Trinajstić information content (AvgIpc) is 2.94. The molecule has 2 aliphatic heterocycles. The van der Waals surface area contributed by atoms with E-state index in [1.807, 2.05) is 43.3 Å². The highest BCUT2D eigenvalue weighted by molar-refractivity contribution is 7.84. The maximum absolute atomic E-state index is 12.3. The van der Waals surface area contributed by atoms with E-state index in [4.69, 9.17) is 4.18 Å². The molecule has 1 saturated heterocycles. The molecule has 0 spiro atoms. The fourth-order valence-electron chi connectivity index (χ4n) is 3.04. The minimum atomic E-state index is -3.73. The van der Waals surface area contributed by atoms with Gasteiger partial charge in [-0.25, -0.2) is 0 Å². The summed E-state index contributed by atoms with van der Waals surface area (Å²) >= 11 is 0. The van der Waals surface area contributed by atoms with Gasteiger partial charge in [-0.3, -0.25) is 0 Å². The normalized spacial score (nSPS) is 22.8. The molecular formula is C16H16N2O3S. The first kappa shape index (κ1) is 13.6. The molecule has 0 unspecified atom stereocenters. The Balaban J connectivity index is 1.74. The van der Waals surface area contributed by atoms with E-state index in [-0.39, 0.29) is 6.04 Å². The lowest BCUT2D eigenvalue weighted by Crippen LogP contribution is -2.39. The summed E-state index contributed by atoms with van der Waals surface area (Å²) in [5.74, 6) is 0.439. The van der Waals surface area contributed by atoms with Gasteiger partial charge in [0.25, 0.3) is 0 Å². The summed E-state index contributed by atoms with van der Waals surface area (Å²) in [5, 5.41) is 0. The fourth-order valence-corrected chi connectivity index (χ4v) is 4.29. The van der Waals surface area contributed by atoms with E-state index < -0.39 is 10.3 Å². The van der Waals surface area contributed by atoms with Crippen molar-refractivity contribution in [1.82, 2.24) is 4.31 Å². The van der Waals surface area contributed by atoms with Crippen LogP contribution in [-0.2, 0) is 10.3 Å². The van der Waals surface area contributed by atoms with E-state index in [1.165, 1.54) is 9.87 Å². The number of hydrogen-bond donors (Lipinski definition) is 0. The summed E-state index contributed by atoms with van der Waals surface area (Å²) in [5.41, 5.74) is 3.13. The second kappa shape index (κ2) is 4.72. The van der Waals surface area contributed by atoms with Gasteiger partial charge in [-0.05, 0) is 25.1 Å². The molecule has 0 amide bonds. The smallest absolute Gasteiger partial charge is 0.370 e. The SMILES string of the molecule is Cc1ccc(N2C[C@H]3c4ccccc4OS(=O)(=O)N3C2)cc1. The van der Waals surface area contributed by atoms with Crippen molar-refractivity contribution in [2.24, 2.45) is 0 Å². The third-order valence-electron chi connectivity index (χ3n) is 4.21. The zero-order valence-electron chi connectivity index (χ0n) is 12.1. The zero-order valence-corrected chi connectivity index (χ0v) is 13.0. The molecule has 0 bridgehead atoms. The lowest BCUT2D eigenvalue weighted by atomic mass is 10.1. The summed E-state index contributed by atoms with van der Waals surface area (Å²) in [7, 11) is -3.73. The lowest BCUT2D eigenvalue weighted by Gasteiger charge is -2.28. The van der Waals surface area contributed by atoms with Gasteiger partial charge in [0.1, 0.15) is 5.75 Å². The Labute approximate surface area is 130 Å². The molecule has 0 aliphatic carbocycles. The average molecular weight is 316 g/mol. The highest BCUT2D eigenvalue weighted by Crippen LogP contribution is 2.42. The molecule has 0 N–H and O–H groups in total. The molecule has 22 heavy (non-hydrogen) atoms. The second-order valence-corrected chi connectivity index (χ2v) is 7.17. The van der Waals surface area contributed by atoms with Crippen molar-refractivity contribution in [2.45, 2.75) is 13.0 Å². The summed E-state index contributed by atoms with van der Waals surface area (Å²) in [4.78, 5) is 2.06. The van der Waals surface area contributed by atoms with Gasteiger partial charge in [0.2, 0.25) is 0 Å². The minimum absolute atomic E-state index is 0.198. The van der Waals surface area contributed by atoms with Gasteiger partial charge in [-0.2, -0.15) is 8.42 Å². The molecule has 0 aromatic heterocycles. The molecule has 2 heterocycles. The zero-order chi connectivity index (χ0) is 15.3. The number of para-hydroxylation sites is 1. The van der Waals surface area contributed by atoms with Crippen LogP contribution in [0.1, 0.15) is 17.2 Å². The molecule has 0 radical (unpaired) electrons. The fraction of sp³-hybridized carbons (Fsp3) is 0.250. The number of fused-ring (bicyclic) bond motifs is 3. The molecule has 2 aromatic rings. The van der Waals surface area contributed by atoms with Crippen molar-refractivity contribution in [3.63, 3.8) is 0 Å². The predicted molar refractivity (Wildman–Crippen MR) is 84.0 cm³/mol. The first-order valence-electron chi connectivity index (χ1n) is 7.16. The Kier molecular flexibility index (Phi) is 2.92. The first-order valence-corrected chi connectivity index (χ1v) is 8.53. The molecule has 6 heteroatoms. The number of benzene rings is 2. The van der Waals surface area contributed by atoms with E-state index in [0.29, 0.717) is 19.0 Å². The van der Waals surface area contributed by atoms with Gasteiger partial charge in [0, 0.05) is 17.8 Å².